The lowest BCUT2D eigenvalue weighted by Crippen LogP contribution is -2.40. The molecule has 0 aliphatic heterocycles. The molecule has 1 aliphatic rings. The number of amides is 3. The molecule has 1 saturated carbocycles. The van der Waals surface area contributed by atoms with Crippen molar-refractivity contribution in [2.45, 2.75) is 68.8 Å². The number of carbonyl (C=O) groups is 2. The number of hydrogen-bond donors (Lipinski definition) is 4. The highest BCUT2D eigenvalue weighted by molar-refractivity contribution is 9.08. The molecule has 3 aromatic rings. The van der Waals surface area contributed by atoms with Crippen LogP contribution in [0.3, 0.4) is 0 Å². The fourth-order valence-corrected chi connectivity index (χ4v) is 7.62. The van der Waals surface area contributed by atoms with Gasteiger partial charge in [0.05, 0.1) is 35.9 Å². The van der Waals surface area contributed by atoms with E-state index in [4.69, 9.17) is 4.74 Å². The van der Waals surface area contributed by atoms with Crippen LogP contribution in [0.5, 0.6) is 5.75 Å². The lowest BCUT2D eigenvalue weighted by molar-refractivity contribution is -0.384. The minimum atomic E-state index is -3.96. The molecule has 0 saturated heterocycles. The number of sulfonamides is 1. The number of rotatable bonds is 8. The van der Waals surface area contributed by atoms with Crippen molar-refractivity contribution < 1.29 is 27.7 Å². The summed E-state index contributed by atoms with van der Waals surface area (Å²) < 4.78 is 37.0. The summed E-state index contributed by atoms with van der Waals surface area (Å²) in [7, 11) is -3.96. The maximum Gasteiger partial charge on any atom is 0.412 e. The number of anilines is 1. The number of nitro groups is 1. The number of nitrogens with zero attached hydrogens (tertiary/aromatic N) is 2. The van der Waals surface area contributed by atoms with Gasteiger partial charge in [-0.15, -0.1) is 11.3 Å². The molecule has 43 heavy (non-hydrogen) atoms. The number of benzene rings is 2. The summed E-state index contributed by atoms with van der Waals surface area (Å²) in [5, 5.41) is 17.1. The minimum Gasteiger partial charge on any atom is -0.410 e. The second-order valence-electron chi connectivity index (χ2n) is 11.0. The molecule has 0 spiro atoms. The number of ether oxygens (including phenoxy) is 1. The molecule has 0 unspecified atom stereocenters. The van der Waals surface area contributed by atoms with Crippen LogP contribution in [-0.4, -0.2) is 42.0 Å². The quantitative estimate of drug-likeness (QED) is 0.125. The van der Waals surface area contributed by atoms with E-state index in [-0.39, 0.29) is 28.3 Å². The first kappa shape index (κ1) is 32.3. The van der Waals surface area contributed by atoms with Crippen molar-refractivity contribution in [2.75, 3.05) is 5.32 Å². The van der Waals surface area contributed by atoms with Crippen molar-refractivity contribution in [1.82, 2.24) is 19.4 Å². The third-order valence-electron chi connectivity index (χ3n) is 6.50. The Labute approximate surface area is 261 Å². The van der Waals surface area contributed by atoms with Crippen molar-refractivity contribution in [3.63, 3.8) is 0 Å². The fourth-order valence-electron chi connectivity index (χ4n) is 4.66. The molecule has 1 heterocycles. The summed E-state index contributed by atoms with van der Waals surface area (Å²) in [5.74, 6) is 0.347. The van der Waals surface area contributed by atoms with Crippen LogP contribution in [0.1, 0.15) is 57.4 Å². The normalized spacial score (nSPS) is 17.1. The zero-order valence-electron chi connectivity index (χ0n) is 23.5. The monoisotopic (exact) mass is 694 g/mol. The topological polar surface area (TPSA) is 182 Å². The average molecular weight is 696 g/mol. The number of halogens is 1. The van der Waals surface area contributed by atoms with Crippen LogP contribution in [0.4, 0.5) is 21.0 Å². The van der Waals surface area contributed by atoms with Gasteiger partial charge in [0.1, 0.15) is 5.75 Å². The Bertz CT molecular complexity index is 1600. The molecule has 1 aromatic heterocycles. The molecule has 1 aliphatic carbocycles. The molecule has 4 rings (SSSR count). The summed E-state index contributed by atoms with van der Waals surface area (Å²) in [6.07, 6.45) is 3.95. The Morgan fingerprint density at radius 2 is 1.77 bits per heavy atom. The van der Waals surface area contributed by atoms with E-state index in [1.807, 2.05) is 0 Å². The molecule has 1 fully saturated rings. The van der Waals surface area contributed by atoms with E-state index in [9.17, 15) is 28.1 Å². The molecular formula is C27H31BrN6O7S2. The lowest BCUT2D eigenvalue weighted by atomic mass is 9.86. The van der Waals surface area contributed by atoms with Gasteiger partial charge in [-0.05, 0) is 70.7 Å². The van der Waals surface area contributed by atoms with Crippen LogP contribution in [0.15, 0.2) is 53.6 Å². The van der Waals surface area contributed by atoms with E-state index >= 15 is 0 Å². The number of non-ortho nitro benzene ring substituents is 1. The van der Waals surface area contributed by atoms with Crippen LogP contribution in [0.25, 0.3) is 10.4 Å². The highest BCUT2D eigenvalue weighted by atomic mass is 79.9. The van der Waals surface area contributed by atoms with Crippen molar-refractivity contribution in [3.05, 3.63) is 63.8 Å². The average Bonchev–Trinajstić information content (AvgIpc) is 3.42. The van der Waals surface area contributed by atoms with Gasteiger partial charge in [-0.2, -0.15) is 0 Å². The van der Waals surface area contributed by atoms with Crippen molar-refractivity contribution in [3.8, 4) is 16.2 Å². The van der Waals surface area contributed by atoms with Crippen LogP contribution >= 0.6 is 27.5 Å². The van der Waals surface area contributed by atoms with Crippen LogP contribution < -0.4 is 24.4 Å². The molecule has 2 aromatic carbocycles. The maximum absolute atomic E-state index is 13.4. The second kappa shape index (κ2) is 13.4. The summed E-state index contributed by atoms with van der Waals surface area (Å²) in [6.45, 7) is 5.24. The maximum atomic E-state index is 13.4. The van der Waals surface area contributed by atoms with Gasteiger partial charge < -0.3 is 15.4 Å². The number of thiazole rings is 1. The standard InChI is InChI=1S/C27H31BrN6O7S2/c1-27(2,3)33-43(39,40)23-14-18(30-25(35)32-28)8-13-21(23)22-15-29-24(42-22)16-4-6-17(7-5-16)31-26(36)41-20-11-9-19(10-12-20)34(37)38/h8-17,33H,4-7H2,1-3H3,(H,31,36)(H2,30,32,35)/t16-,17-. The molecule has 0 radical (unpaired) electrons. The molecule has 0 bridgehead atoms. The van der Waals surface area contributed by atoms with Crippen LogP contribution in [0, 0.1) is 10.1 Å². The molecule has 0 atom stereocenters. The predicted molar refractivity (Wildman–Crippen MR) is 166 cm³/mol. The summed E-state index contributed by atoms with van der Waals surface area (Å²) in [5.41, 5.74) is -0.0523. The first-order valence-electron chi connectivity index (χ1n) is 13.3. The minimum absolute atomic E-state index is 0.0180. The van der Waals surface area contributed by atoms with Gasteiger partial charge >= 0.3 is 12.1 Å². The SMILES string of the molecule is CC(C)(C)NS(=O)(=O)c1cc(NC(=O)NBr)ccc1-c1cnc([C@H]2CC[C@H](NC(=O)Oc3ccc([N+](=O)[O-])cc3)CC2)s1. The van der Waals surface area contributed by atoms with E-state index in [0.717, 1.165) is 17.8 Å². The molecule has 16 heteroatoms. The Balaban J connectivity index is 1.43. The van der Waals surface area contributed by atoms with Crippen molar-refractivity contribution in [2.24, 2.45) is 0 Å². The zero-order chi connectivity index (χ0) is 31.4. The largest absolute Gasteiger partial charge is 0.412 e. The van der Waals surface area contributed by atoms with Gasteiger partial charge in [0, 0.05) is 47.1 Å². The predicted octanol–water partition coefficient (Wildman–Crippen LogP) is 6.04. The molecule has 4 N–H and O–H groups in total. The van der Waals surface area contributed by atoms with Gasteiger partial charge in [-0.1, -0.05) is 6.07 Å². The Morgan fingerprint density at radius 3 is 2.37 bits per heavy atom. The number of nitrogens with one attached hydrogen (secondary N) is 4. The van der Waals surface area contributed by atoms with Crippen LogP contribution in [0.2, 0.25) is 0 Å². The first-order chi connectivity index (χ1) is 20.2. The number of urea groups is 1. The number of nitro benzene ring substituents is 1. The van der Waals surface area contributed by atoms with E-state index < -0.39 is 32.6 Å². The summed E-state index contributed by atoms with van der Waals surface area (Å²) in [4.78, 5) is 39.7. The summed E-state index contributed by atoms with van der Waals surface area (Å²) in [6, 6.07) is 9.31. The van der Waals surface area contributed by atoms with E-state index in [0.29, 0.717) is 29.0 Å². The van der Waals surface area contributed by atoms with Gasteiger partial charge in [0.2, 0.25) is 10.0 Å². The zero-order valence-corrected chi connectivity index (χ0v) is 26.8. The molecular weight excluding hydrogens is 664 g/mol. The molecule has 13 nitrogen and oxygen atoms in total. The van der Waals surface area contributed by atoms with Crippen molar-refractivity contribution in [1.29, 1.82) is 0 Å². The number of hydrogen-bond acceptors (Lipinski definition) is 9. The Morgan fingerprint density at radius 1 is 1.09 bits per heavy atom. The van der Waals surface area contributed by atoms with Gasteiger partial charge in [0.25, 0.3) is 5.69 Å². The smallest absolute Gasteiger partial charge is 0.410 e. The second-order valence-corrected chi connectivity index (χ2v) is 14.1. The van der Waals surface area contributed by atoms with E-state index in [1.54, 1.807) is 39.1 Å². The number of carbonyl (C=O) groups excluding carboxylic acids is 2. The van der Waals surface area contributed by atoms with E-state index in [1.165, 1.54) is 41.7 Å². The lowest BCUT2D eigenvalue weighted by Gasteiger charge is -2.27. The fraction of sp³-hybridized carbons (Fsp3) is 0.370. The van der Waals surface area contributed by atoms with Gasteiger partial charge in [-0.3, -0.25) is 14.5 Å². The molecule has 3 amide bonds. The summed E-state index contributed by atoms with van der Waals surface area (Å²) >= 11 is 4.27. The third kappa shape index (κ3) is 8.72. The highest BCUT2D eigenvalue weighted by Gasteiger charge is 2.29. The molecule has 230 valence electrons. The van der Waals surface area contributed by atoms with Crippen molar-refractivity contribution >= 4 is 61.0 Å². The van der Waals surface area contributed by atoms with Gasteiger partial charge in [0.15, 0.2) is 0 Å². The van der Waals surface area contributed by atoms with Crippen LogP contribution in [-0.2, 0) is 10.0 Å². The highest BCUT2D eigenvalue weighted by Crippen LogP contribution is 2.40. The third-order valence-corrected chi connectivity index (χ3v) is 9.85. The number of aromatic nitrogens is 1. The Kier molecular flexibility index (Phi) is 10.0. The first-order valence-corrected chi connectivity index (χ1v) is 16.4. The van der Waals surface area contributed by atoms with Gasteiger partial charge in [-0.25, -0.2) is 27.7 Å². The Hall–Kier alpha value is -3.60. The van der Waals surface area contributed by atoms with E-state index in [2.05, 4.69) is 40.8 Å².